The predicted octanol–water partition coefficient (Wildman–Crippen LogP) is 2.75. The van der Waals surface area contributed by atoms with Crippen molar-refractivity contribution in [2.75, 3.05) is 19.6 Å². The summed E-state index contributed by atoms with van der Waals surface area (Å²) in [6.07, 6.45) is 5.16. The van der Waals surface area contributed by atoms with Crippen LogP contribution in [0.3, 0.4) is 0 Å². The van der Waals surface area contributed by atoms with Crippen LogP contribution < -0.4 is 5.32 Å². The van der Waals surface area contributed by atoms with Gasteiger partial charge in [-0.2, -0.15) is 0 Å². The molecule has 4 heteroatoms. The van der Waals surface area contributed by atoms with Crippen LogP contribution in [0.4, 0.5) is 4.39 Å². The van der Waals surface area contributed by atoms with E-state index in [1.807, 2.05) is 0 Å². The van der Waals surface area contributed by atoms with E-state index in [0.717, 1.165) is 25.3 Å². The number of hydrogen-bond donors (Lipinski definition) is 1. The minimum absolute atomic E-state index is 0.231. The van der Waals surface area contributed by atoms with Crippen LogP contribution in [0.5, 0.6) is 0 Å². The van der Waals surface area contributed by atoms with Gasteiger partial charge in [0.2, 0.25) is 0 Å². The van der Waals surface area contributed by atoms with Crippen molar-refractivity contribution >= 4 is 0 Å². The van der Waals surface area contributed by atoms with Crippen molar-refractivity contribution in [1.29, 1.82) is 0 Å². The van der Waals surface area contributed by atoms with Gasteiger partial charge in [-0.25, -0.2) is 4.39 Å². The maximum atomic E-state index is 12.9. The third kappa shape index (κ3) is 3.98. The quantitative estimate of drug-likeness (QED) is 0.887. The number of pyridine rings is 1. The van der Waals surface area contributed by atoms with Crippen LogP contribution >= 0.6 is 0 Å². The summed E-state index contributed by atoms with van der Waals surface area (Å²) in [6.45, 7) is 7.47. The lowest BCUT2D eigenvalue weighted by Crippen LogP contribution is -2.44. The van der Waals surface area contributed by atoms with Crippen LogP contribution in [0.15, 0.2) is 18.3 Å². The highest BCUT2D eigenvalue weighted by atomic mass is 19.1. The standard InChI is InChI=1S/C15H24FN3/c1-3-19(11-14-6-4-5-9-17-14)12(2)15-8-7-13(16)10-18-15/h7-8,10,12,14,17H,3-6,9,11H2,1-2H3. The molecule has 1 aromatic heterocycles. The number of likely N-dealkylation sites (N-methyl/N-ethyl adjacent to an activating group) is 1. The molecular weight excluding hydrogens is 241 g/mol. The van der Waals surface area contributed by atoms with Gasteiger partial charge in [0.1, 0.15) is 5.82 Å². The minimum atomic E-state index is -0.270. The van der Waals surface area contributed by atoms with Crippen LogP contribution in [0.1, 0.15) is 44.8 Å². The van der Waals surface area contributed by atoms with Crippen LogP contribution in [-0.4, -0.2) is 35.6 Å². The summed E-state index contributed by atoms with van der Waals surface area (Å²) in [5.41, 5.74) is 0.944. The summed E-state index contributed by atoms with van der Waals surface area (Å²) in [6, 6.07) is 4.09. The summed E-state index contributed by atoms with van der Waals surface area (Å²) >= 11 is 0. The molecule has 0 amide bonds. The fourth-order valence-electron chi connectivity index (χ4n) is 2.75. The number of halogens is 1. The first-order valence-corrected chi connectivity index (χ1v) is 7.29. The molecule has 1 aliphatic rings. The topological polar surface area (TPSA) is 28.2 Å². The van der Waals surface area contributed by atoms with E-state index in [1.54, 1.807) is 6.07 Å². The highest BCUT2D eigenvalue weighted by molar-refractivity contribution is 5.09. The Morgan fingerprint density at radius 1 is 1.47 bits per heavy atom. The number of hydrogen-bond acceptors (Lipinski definition) is 3. The van der Waals surface area contributed by atoms with Gasteiger partial charge < -0.3 is 5.32 Å². The smallest absolute Gasteiger partial charge is 0.141 e. The van der Waals surface area contributed by atoms with Crippen molar-refractivity contribution in [3.05, 3.63) is 29.8 Å². The van der Waals surface area contributed by atoms with Gasteiger partial charge in [0, 0.05) is 18.6 Å². The highest BCUT2D eigenvalue weighted by Gasteiger charge is 2.21. The molecule has 1 aliphatic heterocycles. The second-order valence-electron chi connectivity index (χ2n) is 5.31. The summed E-state index contributed by atoms with van der Waals surface area (Å²) in [4.78, 5) is 6.61. The highest BCUT2D eigenvalue weighted by Crippen LogP contribution is 2.19. The first-order chi connectivity index (χ1) is 9.20. The summed E-state index contributed by atoms with van der Waals surface area (Å²) in [7, 11) is 0. The number of aromatic nitrogens is 1. The Hall–Kier alpha value is -1.00. The lowest BCUT2D eigenvalue weighted by Gasteiger charge is -2.33. The minimum Gasteiger partial charge on any atom is -0.313 e. The number of nitrogens with one attached hydrogen (secondary N) is 1. The van der Waals surface area contributed by atoms with Crippen molar-refractivity contribution in [3.63, 3.8) is 0 Å². The Labute approximate surface area is 115 Å². The zero-order chi connectivity index (χ0) is 13.7. The van der Waals surface area contributed by atoms with Crippen molar-refractivity contribution in [1.82, 2.24) is 15.2 Å². The lowest BCUT2D eigenvalue weighted by molar-refractivity contribution is 0.181. The number of nitrogens with zero attached hydrogens (tertiary/aromatic N) is 2. The van der Waals surface area contributed by atoms with E-state index in [0.29, 0.717) is 6.04 Å². The van der Waals surface area contributed by atoms with Crippen molar-refractivity contribution < 1.29 is 4.39 Å². The van der Waals surface area contributed by atoms with Gasteiger partial charge in [0.25, 0.3) is 0 Å². The van der Waals surface area contributed by atoms with Crippen LogP contribution in [0, 0.1) is 5.82 Å². The molecule has 0 radical (unpaired) electrons. The third-order valence-electron chi connectivity index (χ3n) is 4.00. The molecule has 0 spiro atoms. The van der Waals surface area contributed by atoms with Gasteiger partial charge in [-0.05, 0) is 45.0 Å². The Morgan fingerprint density at radius 3 is 2.89 bits per heavy atom. The molecule has 0 aromatic carbocycles. The Morgan fingerprint density at radius 2 is 2.32 bits per heavy atom. The molecule has 2 heterocycles. The maximum Gasteiger partial charge on any atom is 0.141 e. The molecule has 0 saturated carbocycles. The summed E-state index contributed by atoms with van der Waals surface area (Å²) in [5, 5.41) is 3.58. The average molecular weight is 265 g/mol. The molecule has 2 atom stereocenters. The van der Waals surface area contributed by atoms with Gasteiger partial charge in [-0.3, -0.25) is 9.88 Å². The van der Waals surface area contributed by atoms with Gasteiger partial charge in [0.15, 0.2) is 0 Å². The number of piperidine rings is 1. The molecule has 2 rings (SSSR count). The van der Waals surface area contributed by atoms with E-state index >= 15 is 0 Å². The fourth-order valence-corrected chi connectivity index (χ4v) is 2.75. The van der Waals surface area contributed by atoms with Gasteiger partial charge >= 0.3 is 0 Å². The first kappa shape index (κ1) is 14.4. The lowest BCUT2D eigenvalue weighted by atomic mass is 10.0. The van der Waals surface area contributed by atoms with Gasteiger partial charge in [-0.1, -0.05) is 13.3 Å². The zero-order valence-corrected chi connectivity index (χ0v) is 11.9. The van der Waals surface area contributed by atoms with E-state index in [9.17, 15) is 4.39 Å². The largest absolute Gasteiger partial charge is 0.313 e. The second kappa shape index (κ2) is 6.96. The van der Waals surface area contributed by atoms with Crippen molar-refractivity contribution in [2.24, 2.45) is 0 Å². The van der Waals surface area contributed by atoms with Crippen LogP contribution in [-0.2, 0) is 0 Å². The van der Waals surface area contributed by atoms with Gasteiger partial charge in [0.05, 0.1) is 11.9 Å². The fraction of sp³-hybridized carbons (Fsp3) is 0.667. The monoisotopic (exact) mass is 265 g/mol. The Balaban J connectivity index is 1.97. The van der Waals surface area contributed by atoms with Crippen LogP contribution in [0.25, 0.3) is 0 Å². The Kier molecular flexibility index (Phi) is 5.28. The molecule has 2 unspecified atom stereocenters. The third-order valence-corrected chi connectivity index (χ3v) is 4.00. The predicted molar refractivity (Wildman–Crippen MR) is 75.5 cm³/mol. The summed E-state index contributed by atoms with van der Waals surface area (Å²) in [5.74, 6) is -0.270. The molecule has 106 valence electrons. The second-order valence-corrected chi connectivity index (χ2v) is 5.31. The normalized spacial score (nSPS) is 21.6. The molecule has 19 heavy (non-hydrogen) atoms. The zero-order valence-electron chi connectivity index (χ0n) is 11.9. The molecule has 1 saturated heterocycles. The molecule has 1 aromatic rings. The van der Waals surface area contributed by atoms with E-state index in [4.69, 9.17) is 0 Å². The van der Waals surface area contributed by atoms with E-state index in [1.165, 1.54) is 31.5 Å². The van der Waals surface area contributed by atoms with E-state index in [-0.39, 0.29) is 11.9 Å². The van der Waals surface area contributed by atoms with E-state index < -0.39 is 0 Å². The van der Waals surface area contributed by atoms with E-state index in [2.05, 4.69) is 29.0 Å². The average Bonchev–Trinajstić information content (AvgIpc) is 2.46. The maximum absolute atomic E-state index is 12.9. The Bertz CT molecular complexity index is 373. The first-order valence-electron chi connectivity index (χ1n) is 7.29. The number of rotatable bonds is 5. The van der Waals surface area contributed by atoms with Crippen molar-refractivity contribution in [2.45, 2.75) is 45.2 Å². The molecule has 1 fully saturated rings. The van der Waals surface area contributed by atoms with Crippen molar-refractivity contribution in [3.8, 4) is 0 Å². The molecule has 1 N–H and O–H groups in total. The molecule has 3 nitrogen and oxygen atoms in total. The molecular formula is C15H24FN3. The van der Waals surface area contributed by atoms with Crippen LogP contribution in [0.2, 0.25) is 0 Å². The summed E-state index contributed by atoms with van der Waals surface area (Å²) < 4.78 is 12.9. The molecule has 0 bridgehead atoms. The molecule has 0 aliphatic carbocycles. The van der Waals surface area contributed by atoms with Gasteiger partial charge in [-0.15, -0.1) is 0 Å². The SMILES string of the molecule is CCN(CC1CCCCN1)C(C)c1ccc(F)cn1.